The number of nitrogens with one attached hydrogen (secondary N) is 1. The third kappa shape index (κ3) is 4.27. The van der Waals surface area contributed by atoms with Crippen LogP contribution in [0.5, 0.6) is 0 Å². The van der Waals surface area contributed by atoms with E-state index >= 15 is 0 Å². The number of ether oxygens (including phenoxy) is 1. The van der Waals surface area contributed by atoms with Crippen molar-refractivity contribution in [2.45, 2.75) is 0 Å². The Morgan fingerprint density at radius 2 is 2.13 bits per heavy atom. The molecule has 0 saturated carbocycles. The summed E-state index contributed by atoms with van der Waals surface area (Å²) >= 11 is 0. The maximum Gasteiger partial charge on any atom is 0.250 e. The second kappa shape index (κ2) is 6.37. The predicted octanol–water partition coefficient (Wildman–Crippen LogP) is 0.177. The summed E-state index contributed by atoms with van der Waals surface area (Å²) in [5, 5.41) is 2.79. The molecule has 84 valence electrons. The fraction of sp³-hybridized carbons (Fsp3) is 0.545. The molecule has 1 aliphatic rings. The number of amides is 1. The van der Waals surface area contributed by atoms with Crippen molar-refractivity contribution in [3.8, 4) is 0 Å². The summed E-state index contributed by atoms with van der Waals surface area (Å²) in [4.78, 5) is 13.6. The second-order valence-electron chi connectivity index (χ2n) is 3.44. The van der Waals surface area contributed by atoms with Crippen LogP contribution in [0.15, 0.2) is 24.8 Å². The lowest BCUT2D eigenvalue weighted by atomic mass is 10.3. The summed E-state index contributed by atoms with van der Waals surface area (Å²) in [7, 11) is 0. The van der Waals surface area contributed by atoms with Crippen molar-refractivity contribution in [2.24, 2.45) is 0 Å². The zero-order chi connectivity index (χ0) is 11.1. The fourth-order valence-electron chi connectivity index (χ4n) is 1.36. The Kier molecular flexibility index (Phi) is 5.07. The van der Waals surface area contributed by atoms with Crippen LogP contribution in [0.2, 0.25) is 0 Å². The lowest BCUT2D eigenvalue weighted by Crippen LogP contribution is -2.41. The molecule has 1 heterocycles. The highest BCUT2D eigenvalue weighted by atomic mass is 16.5. The van der Waals surface area contributed by atoms with E-state index in [9.17, 15) is 4.79 Å². The number of hydrogen-bond donors (Lipinski definition) is 1. The molecule has 0 radical (unpaired) electrons. The molecule has 0 aromatic heterocycles. The molecule has 0 aromatic carbocycles. The molecule has 1 aliphatic heterocycles. The quantitative estimate of drug-likeness (QED) is 0.520. The number of morpholine rings is 1. The highest BCUT2D eigenvalue weighted by molar-refractivity contribution is 5.95. The Labute approximate surface area is 90.6 Å². The summed E-state index contributed by atoms with van der Waals surface area (Å²) in [6, 6.07) is 0. The van der Waals surface area contributed by atoms with Gasteiger partial charge in [-0.05, 0) is 0 Å². The first-order chi connectivity index (χ1) is 7.24. The predicted molar refractivity (Wildman–Crippen MR) is 59.6 cm³/mol. The molecule has 1 saturated heterocycles. The molecule has 0 aromatic rings. The monoisotopic (exact) mass is 210 g/mol. The van der Waals surface area contributed by atoms with E-state index in [2.05, 4.69) is 23.4 Å². The van der Waals surface area contributed by atoms with Gasteiger partial charge in [0, 0.05) is 31.8 Å². The van der Waals surface area contributed by atoms with Crippen LogP contribution in [0.1, 0.15) is 0 Å². The van der Waals surface area contributed by atoms with Gasteiger partial charge in [0.1, 0.15) is 0 Å². The Hall–Kier alpha value is -1.13. The van der Waals surface area contributed by atoms with E-state index in [0.29, 0.717) is 12.1 Å². The van der Waals surface area contributed by atoms with E-state index in [1.807, 2.05) is 0 Å². The minimum absolute atomic E-state index is 0.141. The van der Waals surface area contributed by atoms with Gasteiger partial charge in [-0.2, -0.15) is 0 Å². The van der Waals surface area contributed by atoms with Gasteiger partial charge in [-0.15, -0.1) is 0 Å². The Morgan fingerprint density at radius 3 is 2.73 bits per heavy atom. The van der Waals surface area contributed by atoms with Gasteiger partial charge in [0.05, 0.1) is 13.2 Å². The SMILES string of the molecule is C=CC(=C)C(=O)NCCN1CCOCC1. The normalized spacial score (nSPS) is 17.1. The van der Waals surface area contributed by atoms with Crippen molar-refractivity contribution in [3.63, 3.8) is 0 Å². The fourth-order valence-corrected chi connectivity index (χ4v) is 1.36. The molecule has 0 spiro atoms. The zero-order valence-electron chi connectivity index (χ0n) is 9.00. The average molecular weight is 210 g/mol. The van der Waals surface area contributed by atoms with E-state index < -0.39 is 0 Å². The number of carbonyl (C=O) groups is 1. The molecule has 0 atom stereocenters. The van der Waals surface area contributed by atoms with Crippen molar-refractivity contribution < 1.29 is 9.53 Å². The van der Waals surface area contributed by atoms with Crippen LogP contribution in [-0.2, 0) is 9.53 Å². The number of nitrogens with zero attached hydrogens (tertiary/aromatic N) is 1. The lowest BCUT2D eigenvalue weighted by molar-refractivity contribution is -0.117. The van der Waals surface area contributed by atoms with Gasteiger partial charge in [-0.1, -0.05) is 19.2 Å². The minimum atomic E-state index is -0.141. The van der Waals surface area contributed by atoms with Crippen LogP contribution in [0.3, 0.4) is 0 Å². The zero-order valence-corrected chi connectivity index (χ0v) is 9.00. The summed E-state index contributed by atoms with van der Waals surface area (Å²) in [5.74, 6) is -0.141. The Balaban J connectivity index is 2.12. The maximum atomic E-state index is 11.3. The molecule has 0 bridgehead atoms. The smallest absolute Gasteiger partial charge is 0.250 e. The lowest BCUT2D eigenvalue weighted by Gasteiger charge is -2.26. The van der Waals surface area contributed by atoms with Crippen molar-refractivity contribution in [1.82, 2.24) is 10.2 Å². The van der Waals surface area contributed by atoms with Gasteiger partial charge in [0.2, 0.25) is 0 Å². The van der Waals surface area contributed by atoms with Crippen LogP contribution >= 0.6 is 0 Å². The van der Waals surface area contributed by atoms with E-state index in [4.69, 9.17) is 4.74 Å². The molecular weight excluding hydrogens is 192 g/mol. The molecule has 0 aliphatic carbocycles. The van der Waals surface area contributed by atoms with Crippen LogP contribution in [0.4, 0.5) is 0 Å². The average Bonchev–Trinajstić information content (AvgIpc) is 2.29. The third-order valence-electron chi connectivity index (χ3n) is 2.36. The molecule has 1 rings (SSSR count). The summed E-state index contributed by atoms with van der Waals surface area (Å²) in [6.45, 7) is 12.0. The van der Waals surface area contributed by atoms with E-state index in [0.717, 1.165) is 32.8 Å². The van der Waals surface area contributed by atoms with Gasteiger partial charge in [0.25, 0.3) is 5.91 Å². The van der Waals surface area contributed by atoms with E-state index in [-0.39, 0.29) is 5.91 Å². The summed E-state index contributed by atoms with van der Waals surface area (Å²) in [6.07, 6.45) is 1.46. The van der Waals surface area contributed by atoms with Gasteiger partial charge in [-0.25, -0.2) is 0 Å². The van der Waals surface area contributed by atoms with Gasteiger partial charge in [0.15, 0.2) is 0 Å². The van der Waals surface area contributed by atoms with Crippen molar-refractivity contribution in [3.05, 3.63) is 24.8 Å². The van der Waals surface area contributed by atoms with Crippen LogP contribution in [0.25, 0.3) is 0 Å². The van der Waals surface area contributed by atoms with Crippen LogP contribution < -0.4 is 5.32 Å². The van der Waals surface area contributed by atoms with Gasteiger partial charge in [-0.3, -0.25) is 9.69 Å². The molecule has 4 nitrogen and oxygen atoms in total. The molecule has 1 fully saturated rings. The van der Waals surface area contributed by atoms with Gasteiger partial charge >= 0.3 is 0 Å². The number of carbonyl (C=O) groups excluding carboxylic acids is 1. The molecule has 0 unspecified atom stereocenters. The van der Waals surface area contributed by atoms with Crippen molar-refractivity contribution >= 4 is 5.91 Å². The minimum Gasteiger partial charge on any atom is -0.379 e. The van der Waals surface area contributed by atoms with E-state index in [1.165, 1.54) is 6.08 Å². The van der Waals surface area contributed by atoms with Gasteiger partial charge < -0.3 is 10.1 Å². The van der Waals surface area contributed by atoms with Crippen LogP contribution in [-0.4, -0.2) is 50.2 Å². The first kappa shape index (κ1) is 11.9. The molecule has 4 heteroatoms. The molecule has 1 amide bonds. The second-order valence-corrected chi connectivity index (χ2v) is 3.44. The van der Waals surface area contributed by atoms with Crippen molar-refractivity contribution in [1.29, 1.82) is 0 Å². The first-order valence-electron chi connectivity index (χ1n) is 5.13. The highest BCUT2D eigenvalue weighted by Gasteiger charge is 2.10. The van der Waals surface area contributed by atoms with Crippen molar-refractivity contribution in [2.75, 3.05) is 39.4 Å². The highest BCUT2D eigenvalue weighted by Crippen LogP contribution is 1.95. The van der Waals surface area contributed by atoms with Crippen LogP contribution in [0, 0.1) is 0 Å². The topological polar surface area (TPSA) is 41.6 Å². The summed E-state index contributed by atoms with van der Waals surface area (Å²) in [5.41, 5.74) is 0.414. The Morgan fingerprint density at radius 1 is 1.47 bits per heavy atom. The third-order valence-corrected chi connectivity index (χ3v) is 2.36. The number of hydrogen-bond acceptors (Lipinski definition) is 3. The standard InChI is InChI=1S/C11H18N2O2/c1-3-10(2)11(14)12-4-5-13-6-8-15-9-7-13/h3H,1-2,4-9H2,(H,12,14). The van der Waals surface area contributed by atoms with E-state index in [1.54, 1.807) is 0 Å². The largest absolute Gasteiger partial charge is 0.379 e. The molecule has 15 heavy (non-hydrogen) atoms. The summed E-state index contributed by atoms with van der Waals surface area (Å²) < 4.78 is 5.23. The molecule has 1 N–H and O–H groups in total. The molecular formula is C11H18N2O2. The number of rotatable bonds is 5. The Bertz CT molecular complexity index is 245. The maximum absolute atomic E-state index is 11.3. The first-order valence-corrected chi connectivity index (χ1v) is 5.13.